The van der Waals surface area contributed by atoms with E-state index in [4.69, 9.17) is 0 Å². The second-order valence-corrected chi connectivity index (χ2v) is 7.39. The highest BCUT2D eigenvalue weighted by atomic mass is 16.3. The van der Waals surface area contributed by atoms with Crippen molar-refractivity contribution in [1.29, 1.82) is 0 Å². The minimum absolute atomic E-state index is 0.0255. The van der Waals surface area contributed by atoms with Crippen LogP contribution in [0.15, 0.2) is 0 Å². The molecule has 0 aromatic rings. The molecule has 2 saturated carbocycles. The summed E-state index contributed by atoms with van der Waals surface area (Å²) in [6.45, 7) is 7.64. The maximum atomic E-state index is 10.6. The van der Waals surface area contributed by atoms with Crippen LogP contribution in [0.2, 0.25) is 0 Å². The van der Waals surface area contributed by atoms with Gasteiger partial charge in [0, 0.05) is 0 Å². The second-order valence-electron chi connectivity index (χ2n) is 7.39. The van der Waals surface area contributed by atoms with Gasteiger partial charge < -0.3 is 15.3 Å². The van der Waals surface area contributed by atoms with Crippen LogP contribution in [-0.2, 0) is 0 Å². The summed E-state index contributed by atoms with van der Waals surface area (Å²) in [4.78, 5) is 0. The van der Waals surface area contributed by atoms with Gasteiger partial charge in [0.1, 0.15) is 0 Å². The zero-order valence-corrected chi connectivity index (χ0v) is 12.1. The molecule has 0 aromatic heterocycles. The van der Waals surface area contributed by atoms with E-state index in [-0.39, 0.29) is 23.7 Å². The molecule has 0 heterocycles. The number of hydrogen-bond acceptors (Lipinski definition) is 3. The first-order chi connectivity index (χ1) is 8.14. The molecular weight excluding hydrogens is 228 g/mol. The van der Waals surface area contributed by atoms with Gasteiger partial charge in [0.05, 0.1) is 17.3 Å². The Morgan fingerprint density at radius 1 is 1.17 bits per heavy atom. The van der Waals surface area contributed by atoms with E-state index in [0.29, 0.717) is 0 Å². The fourth-order valence-corrected chi connectivity index (χ4v) is 4.32. The first-order valence-corrected chi connectivity index (χ1v) is 7.27. The molecule has 2 rings (SSSR count). The number of aliphatic hydroxyl groups excluding tert-OH is 1. The molecule has 18 heavy (non-hydrogen) atoms. The van der Waals surface area contributed by atoms with E-state index in [1.807, 2.05) is 20.8 Å². The molecule has 0 radical (unpaired) electrons. The Balaban J connectivity index is 2.32. The summed E-state index contributed by atoms with van der Waals surface area (Å²) in [5.41, 5.74) is -1.47. The Kier molecular flexibility index (Phi) is 3.54. The Morgan fingerprint density at radius 3 is 2.33 bits per heavy atom. The maximum Gasteiger partial charge on any atom is 0.0651 e. The fraction of sp³-hybridized carbons (Fsp3) is 1.00. The zero-order chi connectivity index (χ0) is 13.7. The summed E-state index contributed by atoms with van der Waals surface area (Å²) in [7, 11) is 0. The monoisotopic (exact) mass is 256 g/mol. The van der Waals surface area contributed by atoms with E-state index in [1.54, 1.807) is 0 Å². The molecule has 0 spiro atoms. The zero-order valence-electron chi connectivity index (χ0n) is 12.1. The highest BCUT2D eigenvalue weighted by molar-refractivity contribution is 5.04. The van der Waals surface area contributed by atoms with Crippen LogP contribution in [0.3, 0.4) is 0 Å². The van der Waals surface area contributed by atoms with E-state index >= 15 is 0 Å². The van der Waals surface area contributed by atoms with Crippen molar-refractivity contribution in [2.75, 3.05) is 0 Å². The van der Waals surface area contributed by atoms with Crippen molar-refractivity contribution in [2.45, 2.75) is 70.7 Å². The third kappa shape index (κ3) is 2.33. The van der Waals surface area contributed by atoms with Gasteiger partial charge in [-0.2, -0.15) is 0 Å². The van der Waals surface area contributed by atoms with Gasteiger partial charge in [-0.1, -0.05) is 6.92 Å². The first-order valence-electron chi connectivity index (χ1n) is 7.27. The first kappa shape index (κ1) is 14.3. The molecule has 6 atom stereocenters. The van der Waals surface area contributed by atoms with Gasteiger partial charge in [0.15, 0.2) is 0 Å². The van der Waals surface area contributed by atoms with Crippen LogP contribution in [0.1, 0.15) is 53.4 Å². The highest BCUT2D eigenvalue weighted by Crippen LogP contribution is 2.52. The fourth-order valence-electron chi connectivity index (χ4n) is 4.32. The summed E-state index contributed by atoms with van der Waals surface area (Å²) in [6.07, 6.45) is 3.05. The molecule has 0 bridgehead atoms. The summed E-state index contributed by atoms with van der Waals surface area (Å²) < 4.78 is 0. The molecule has 0 amide bonds. The van der Waals surface area contributed by atoms with Crippen LogP contribution < -0.4 is 0 Å². The molecule has 106 valence electrons. The van der Waals surface area contributed by atoms with Crippen LogP contribution >= 0.6 is 0 Å². The topological polar surface area (TPSA) is 60.7 Å². The van der Waals surface area contributed by atoms with Gasteiger partial charge in [0.25, 0.3) is 0 Å². The van der Waals surface area contributed by atoms with E-state index in [9.17, 15) is 15.3 Å². The molecule has 2 aliphatic rings. The third-order valence-electron chi connectivity index (χ3n) is 5.51. The molecule has 0 unspecified atom stereocenters. The lowest BCUT2D eigenvalue weighted by Gasteiger charge is -2.55. The summed E-state index contributed by atoms with van der Waals surface area (Å²) in [6, 6.07) is 0. The molecule has 2 fully saturated rings. The van der Waals surface area contributed by atoms with Crippen LogP contribution in [0.25, 0.3) is 0 Å². The molecular formula is C15H28O3. The van der Waals surface area contributed by atoms with Crippen molar-refractivity contribution in [2.24, 2.45) is 23.7 Å². The van der Waals surface area contributed by atoms with Gasteiger partial charge in [-0.15, -0.1) is 0 Å². The van der Waals surface area contributed by atoms with Crippen molar-refractivity contribution in [1.82, 2.24) is 0 Å². The van der Waals surface area contributed by atoms with Gasteiger partial charge in [0.2, 0.25) is 0 Å². The lowest BCUT2D eigenvalue weighted by molar-refractivity contribution is -0.179. The summed E-state index contributed by atoms with van der Waals surface area (Å²) in [5.74, 6) is 0.497. The van der Waals surface area contributed by atoms with Crippen LogP contribution in [0.5, 0.6) is 0 Å². The molecule has 0 saturated heterocycles. The predicted molar refractivity (Wildman–Crippen MR) is 71.0 cm³/mol. The molecule has 0 aliphatic heterocycles. The van der Waals surface area contributed by atoms with Crippen molar-refractivity contribution in [3.63, 3.8) is 0 Å². The molecule has 3 N–H and O–H groups in total. The maximum absolute atomic E-state index is 10.6. The van der Waals surface area contributed by atoms with Crippen molar-refractivity contribution < 1.29 is 15.3 Å². The van der Waals surface area contributed by atoms with E-state index in [2.05, 4.69) is 6.92 Å². The molecule has 3 nitrogen and oxygen atoms in total. The minimum Gasteiger partial charge on any atom is -0.393 e. The number of aliphatic hydroxyl groups is 3. The summed E-state index contributed by atoms with van der Waals surface area (Å²) in [5, 5.41) is 31.4. The van der Waals surface area contributed by atoms with Gasteiger partial charge >= 0.3 is 0 Å². The highest BCUT2D eigenvalue weighted by Gasteiger charge is 2.54. The SMILES string of the molecule is C[C@H]1CC[C@H]2[C@H]([C@@H]1O)[C@@H](C(C)(C)O)CC[C@]2(C)O. The number of fused-ring (bicyclic) bond motifs is 1. The normalized spacial score (nSPS) is 49.8. The molecule has 0 aromatic carbocycles. The van der Waals surface area contributed by atoms with E-state index in [1.165, 1.54) is 0 Å². The van der Waals surface area contributed by atoms with Crippen molar-refractivity contribution >= 4 is 0 Å². The van der Waals surface area contributed by atoms with E-state index in [0.717, 1.165) is 25.7 Å². The Morgan fingerprint density at radius 2 is 1.78 bits per heavy atom. The lowest BCUT2D eigenvalue weighted by Crippen LogP contribution is -2.58. The van der Waals surface area contributed by atoms with Gasteiger partial charge in [-0.25, -0.2) is 0 Å². The smallest absolute Gasteiger partial charge is 0.0651 e. The predicted octanol–water partition coefficient (Wildman–Crippen LogP) is 1.94. The average Bonchev–Trinajstić information content (AvgIpc) is 2.21. The number of rotatable bonds is 1. The Hall–Kier alpha value is -0.120. The Bertz CT molecular complexity index is 303. The Labute approximate surface area is 110 Å². The standard InChI is InChI=1S/C15H28O3/c1-9-5-6-11-12(13(9)16)10(14(2,3)17)7-8-15(11,4)18/h9-13,16-18H,5-8H2,1-4H3/t9-,10-,11-,12+,13+,15-/m0/s1. The van der Waals surface area contributed by atoms with Gasteiger partial charge in [-0.05, 0) is 70.1 Å². The van der Waals surface area contributed by atoms with Crippen LogP contribution in [-0.4, -0.2) is 32.6 Å². The average molecular weight is 256 g/mol. The van der Waals surface area contributed by atoms with Crippen LogP contribution in [0, 0.1) is 23.7 Å². The minimum atomic E-state index is -0.780. The second kappa shape index (κ2) is 4.46. The van der Waals surface area contributed by atoms with Crippen molar-refractivity contribution in [3.05, 3.63) is 0 Å². The lowest BCUT2D eigenvalue weighted by atomic mass is 9.54. The largest absolute Gasteiger partial charge is 0.393 e. The van der Waals surface area contributed by atoms with Crippen LogP contribution in [0.4, 0.5) is 0 Å². The van der Waals surface area contributed by atoms with Crippen molar-refractivity contribution in [3.8, 4) is 0 Å². The third-order valence-corrected chi connectivity index (χ3v) is 5.51. The quantitative estimate of drug-likeness (QED) is 0.672. The molecule has 3 heteroatoms. The van der Waals surface area contributed by atoms with Gasteiger partial charge in [-0.3, -0.25) is 0 Å². The van der Waals surface area contributed by atoms with E-state index < -0.39 is 17.3 Å². The number of hydrogen-bond donors (Lipinski definition) is 3. The summed E-state index contributed by atoms with van der Waals surface area (Å²) >= 11 is 0. The molecule has 2 aliphatic carbocycles.